The number of hydrogen-bond acceptors (Lipinski definition) is 4. The Morgan fingerprint density at radius 2 is 2.33 bits per heavy atom. The molecule has 0 aliphatic heterocycles. The van der Waals surface area contributed by atoms with E-state index in [0.717, 1.165) is 11.3 Å². The van der Waals surface area contributed by atoms with E-state index >= 15 is 0 Å². The second kappa shape index (κ2) is 4.97. The van der Waals surface area contributed by atoms with Gasteiger partial charge in [-0.2, -0.15) is 0 Å². The molecule has 1 aromatic heterocycles. The van der Waals surface area contributed by atoms with Crippen LogP contribution in [0.5, 0.6) is 0 Å². The number of nitro groups is 1. The number of nitrogens with zero attached hydrogens (tertiary/aromatic N) is 3. The zero-order valence-corrected chi connectivity index (χ0v) is 9.98. The van der Waals surface area contributed by atoms with E-state index in [2.05, 4.69) is 4.98 Å². The van der Waals surface area contributed by atoms with Gasteiger partial charge in [0.2, 0.25) is 0 Å². The second-order valence-corrected chi connectivity index (χ2v) is 4.16. The van der Waals surface area contributed by atoms with Crippen LogP contribution in [0.25, 0.3) is 0 Å². The first-order valence-corrected chi connectivity index (χ1v) is 5.57. The highest BCUT2D eigenvalue weighted by Gasteiger charge is 2.09. The fourth-order valence-corrected chi connectivity index (χ4v) is 1.81. The zero-order chi connectivity index (χ0) is 13.1. The highest BCUT2D eigenvalue weighted by molar-refractivity contribution is 5.34. The van der Waals surface area contributed by atoms with Gasteiger partial charge in [0.25, 0.3) is 5.69 Å². The van der Waals surface area contributed by atoms with Gasteiger partial charge in [-0.15, -0.1) is 0 Å². The first-order chi connectivity index (χ1) is 8.58. The summed E-state index contributed by atoms with van der Waals surface area (Å²) in [6.45, 7) is 2.40. The minimum Gasteiger partial charge on any atom is -0.329 e. The first kappa shape index (κ1) is 12.3. The second-order valence-electron chi connectivity index (χ2n) is 4.16. The van der Waals surface area contributed by atoms with Gasteiger partial charge in [0.05, 0.1) is 16.9 Å². The lowest BCUT2D eigenvalue weighted by Crippen LogP contribution is -2.12. The fourth-order valence-electron chi connectivity index (χ4n) is 1.81. The molecule has 1 heterocycles. The van der Waals surface area contributed by atoms with Crippen molar-refractivity contribution >= 4 is 5.69 Å². The molecule has 1 atom stereocenters. The molecule has 2 N–H and O–H groups in total. The van der Waals surface area contributed by atoms with Crippen LogP contribution in [0.4, 0.5) is 5.69 Å². The number of nitrogens with two attached hydrogens (primary N) is 1. The molecular formula is C12H14N4O2. The predicted molar refractivity (Wildman–Crippen MR) is 67.0 cm³/mol. The minimum absolute atomic E-state index is 0.0926. The molecule has 0 aliphatic carbocycles. The Kier molecular flexibility index (Phi) is 3.38. The van der Waals surface area contributed by atoms with Crippen molar-refractivity contribution in [1.82, 2.24) is 9.55 Å². The summed E-state index contributed by atoms with van der Waals surface area (Å²) in [6, 6.07) is 6.44. The number of hydrogen-bond donors (Lipinski definition) is 1. The Bertz CT molecular complexity index is 563. The lowest BCUT2D eigenvalue weighted by molar-refractivity contribution is -0.384. The van der Waals surface area contributed by atoms with E-state index in [1.54, 1.807) is 24.7 Å². The van der Waals surface area contributed by atoms with E-state index in [1.807, 2.05) is 17.6 Å². The standard InChI is InChI=1S/C12H14N4O2/c1-9(13)12-6-14-8-15(12)7-10-3-2-4-11(5-10)16(17)18/h2-6,8-9H,7,13H2,1H3/t9-/m0/s1. The van der Waals surface area contributed by atoms with Crippen LogP contribution in [0.2, 0.25) is 0 Å². The SMILES string of the molecule is C[C@H](N)c1cncn1Cc1cccc([N+](=O)[O-])c1. The maximum atomic E-state index is 10.7. The van der Waals surface area contributed by atoms with Crippen LogP contribution in [0.1, 0.15) is 24.2 Å². The number of aromatic nitrogens is 2. The lowest BCUT2D eigenvalue weighted by Gasteiger charge is -2.10. The highest BCUT2D eigenvalue weighted by Crippen LogP contribution is 2.16. The molecule has 6 heteroatoms. The van der Waals surface area contributed by atoms with Crippen LogP contribution in [-0.2, 0) is 6.54 Å². The molecular weight excluding hydrogens is 232 g/mol. The Balaban J connectivity index is 2.26. The minimum atomic E-state index is -0.399. The molecule has 0 saturated heterocycles. The Morgan fingerprint density at radius 3 is 3.00 bits per heavy atom. The number of nitro benzene ring substituents is 1. The van der Waals surface area contributed by atoms with Crippen molar-refractivity contribution in [2.75, 3.05) is 0 Å². The van der Waals surface area contributed by atoms with E-state index in [-0.39, 0.29) is 11.7 Å². The molecule has 0 amide bonds. The normalized spacial score (nSPS) is 12.3. The van der Waals surface area contributed by atoms with Gasteiger partial charge in [0.15, 0.2) is 0 Å². The summed E-state index contributed by atoms with van der Waals surface area (Å²) >= 11 is 0. The first-order valence-electron chi connectivity index (χ1n) is 5.57. The van der Waals surface area contributed by atoms with Gasteiger partial charge >= 0.3 is 0 Å². The van der Waals surface area contributed by atoms with Crippen LogP contribution in [-0.4, -0.2) is 14.5 Å². The van der Waals surface area contributed by atoms with E-state index in [4.69, 9.17) is 5.73 Å². The topological polar surface area (TPSA) is 87.0 Å². The van der Waals surface area contributed by atoms with E-state index < -0.39 is 4.92 Å². The van der Waals surface area contributed by atoms with Crippen molar-refractivity contribution < 1.29 is 4.92 Å². The molecule has 0 spiro atoms. The molecule has 0 unspecified atom stereocenters. The van der Waals surface area contributed by atoms with Gasteiger partial charge in [0, 0.05) is 30.9 Å². The molecule has 6 nitrogen and oxygen atoms in total. The molecule has 0 aliphatic rings. The smallest absolute Gasteiger partial charge is 0.269 e. The zero-order valence-electron chi connectivity index (χ0n) is 9.98. The lowest BCUT2D eigenvalue weighted by atomic mass is 10.2. The molecule has 0 saturated carbocycles. The summed E-state index contributed by atoms with van der Waals surface area (Å²) in [7, 11) is 0. The Hall–Kier alpha value is -2.21. The fraction of sp³-hybridized carbons (Fsp3) is 0.250. The third-order valence-corrected chi connectivity index (χ3v) is 2.69. The molecule has 2 rings (SSSR count). The number of imidazole rings is 1. The third kappa shape index (κ3) is 2.54. The average molecular weight is 246 g/mol. The number of non-ortho nitro benzene ring substituents is 1. The Morgan fingerprint density at radius 1 is 1.56 bits per heavy atom. The Labute approximate surface area is 104 Å². The van der Waals surface area contributed by atoms with Crippen LogP contribution >= 0.6 is 0 Å². The molecule has 0 radical (unpaired) electrons. The molecule has 2 aromatic rings. The molecule has 0 bridgehead atoms. The number of benzene rings is 1. The molecule has 94 valence electrons. The third-order valence-electron chi connectivity index (χ3n) is 2.69. The maximum absolute atomic E-state index is 10.7. The van der Waals surface area contributed by atoms with Crippen molar-refractivity contribution in [3.05, 3.63) is 58.2 Å². The maximum Gasteiger partial charge on any atom is 0.269 e. The monoisotopic (exact) mass is 246 g/mol. The summed E-state index contributed by atoms with van der Waals surface area (Å²) in [5, 5.41) is 10.7. The number of rotatable bonds is 4. The summed E-state index contributed by atoms with van der Waals surface area (Å²) in [4.78, 5) is 14.3. The van der Waals surface area contributed by atoms with Gasteiger partial charge in [-0.1, -0.05) is 12.1 Å². The molecule has 18 heavy (non-hydrogen) atoms. The quantitative estimate of drug-likeness (QED) is 0.658. The van der Waals surface area contributed by atoms with Gasteiger partial charge in [-0.25, -0.2) is 4.98 Å². The van der Waals surface area contributed by atoms with E-state index in [0.29, 0.717) is 6.54 Å². The van der Waals surface area contributed by atoms with Crippen LogP contribution in [0, 0.1) is 10.1 Å². The molecule has 0 fully saturated rings. The van der Waals surface area contributed by atoms with E-state index in [9.17, 15) is 10.1 Å². The summed E-state index contributed by atoms with van der Waals surface area (Å²) in [5.74, 6) is 0. The summed E-state index contributed by atoms with van der Waals surface area (Å²) < 4.78 is 1.89. The van der Waals surface area contributed by atoms with Crippen LogP contribution in [0.15, 0.2) is 36.8 Å². The van der Waals surface area contributed by atoms with Crippen LogP contribution in [0.3, 0.4) is 0 Å². The highest BCUT2D eigenvalue weighted by atomic mass is 16.6. The van der Waals surface area contributed by atoms with Crippen molar-refractivity contribution in [2.24, 2.45) is 5.73 Å². The summed E-state index contributed by atoms with van der Waals surface area (Å²) in [5.41, 5.74) is 7.67. The van der Waals surface area contributed by atoms with Crippen molar-refractivity contribution in [3.63, 3.8) is 0 Å². The largest absolute Gasteiger partial charge is 0.329 e. The van der Waals surface area contributed by atoms with E-state index in [1.165, 1.54) is 6.07 Å². The molecule has 1 aromatic carbocycles. The van der Waals surface area contributed by atoms with Crippen molar-refractivity contribution in [2.45, 2.75) is 19.5 Å². The van der Waals surface area contributed by atoms with Crippen molar-refractivity contribution in [1.29, 1.82) is 0 Å². The van der Waals surface area contributed by atoms with Gasteiger partial charge in [-0.3, -0.25) is 10.1 Å². The van der Waals surface area contributed by atoms with Crippen molar-refractivity contribution in [3.8, 4) is 0 Å². The summed E-state index contributed by atoms with van der Waals surface area (Å²) in [6.07, 6.45) is 3.39. The predicted octanol–water partition coefficient (Wildman–Crippen LogP) is 1.86. The van der Waals surface area contributed by atoms with Crippen LogP contribution < -0.4 is 5.73 Å². The average Bonchev–Trinajstić information content (AvgIpc) is 2.77. The van der Waals surface area contributed by atoms with Gasteiger partial charge in [-0.05, 0) is 12.5 Å². The van der Waals surface area contributed by atoms with Gasteiger partial charge in [0.1, 0.15) is 0 Å². The van der Waals surface area contributed by atoms with Gasteiger partial charge < -0.3 is 10.3 Å².